The molecule has 1 N–H and O–H groups in total. The van der Waals surface area contributed by atoms with Crippen molar-refractivity contribution < 1.29 is 9.32 Å². The van der Waals surface area contributed by atoms with Crippen LogP contribution in [0.3, 0.4) is 0 Å². The Morgan fingerprint density at radius 1 is 1.24 bits per heavy atom. The van der Waals surface area contributed by atoms with Gasteiger partial charge >= 0.3 is 0 Å². The van der Waals surface area contributed by atoms with Gasteiger partial charge in [-0.2, -0.15) is 5.10 Å². The van der Waals surface area contributed by atoms with E-state index in [1.807, 2.05) is 24.3 Å². The van der Waals surface area contributed by atoms with Gasteiger partial charge in [0, 0.05) is 5.69 Å². The monoisotopic (exact) mass is 340 g/mol. The molecule has 2 heterocycles. The van der Waals surface area contributed by atoms with Gasteiger partial charge in [0.2, 0.25) is 5.91 Å². The molecule has 3 aromatic rings. The molecule has 0 saturated heterocycles. The molecule has 0 unspecified atom stereocenters. The maximum Gasteiger partial charge on any atom is 0.297 e. The predicted octanol–water partition coefficient (Wildman–Crippen LogP) is 2.76. The highest BCUT2D eigenvalue weighted by Gasteiger charge is 2.16. The van der Waals surface area contributed by atoms with Gasteiger partial charge in [0.05, 0.1) is 11.1 Å². The van der Waals surface area contributed by atoms with Crippen molar-refractivity contribution in [2.24, 2.45) is 0 Å². The van der Waals surface area contributed by atoms with Crippen molar-refractivity contribution in [2.45, 2.75) is 40.2 Å². The molecule has 7 nitrogen and oxygen atoms in total. The highest BCUT2D eigenvalue weighted by atomic mass is 16.5. The molecule has 0 fully saturated rings. The number of hydrogen-bond acceptors (Lipinski definition) is 5. The van der Waals surface area contributed by atoms with E-state index in [0.29, 0.717) is 28.4 Å². The normalized spacial score (nSPS) is 11.2. The van der Waals surface area contributed by atoms with Crippen molar-refractivity contribution in [3.05, 3.63) is 51.6 Å². The van der Waals surface area contributed by atoms with Crippen molar-refractivity contribution in [3.8, 4) is 0 Å². The molecule has 3 rings (SSSR count). The molecular formula is C18H20N4O3. The molecule has 130 valence electrons. The first-order valence-corrected chi connectivity index (χ1v) is 8.10. The highest BCUT2D eigenvalue weighted by molar-refractivity contribution is 5.90. The zero-order valence-corrected chi connectivity index (χ0v) is 14.7. The molecular weight excluding hydrogens is 320 g/mol. The number of carbonyl (C=O) groups excluding carboxylic acids is 1. The third kappa shape index (κ3) is 3.31. The summed E-state index contributed by atoms with van der Waals surface area (Å²) in [5.41, 5.74) is 2.22. The molecule has 0 atom stereocenters. The molecule has 7 heteroatoms. The number of fused-ring (bicyclic) bond motifs is 1. The zero-order valence-electron chi connectivity index (χ0n) is 14.7. The van der Waals surface area contributed by atoms with E-state index in [1.165, 1.54) is 5.56 Å². The zero-order chi connectivity index (χ0) is 18.1. The van der Waals surface area contributed by atoms with Crippen molar-refractivity contribution in [3.63, 3.8) is 0 Å². The fourth-order valence-electron chi connectivity index (χ4n) is 2.74. The van der Waals surface area contributed by atoms with E-state index in [0.717, 1.165) is 4.68 Å². The summed E-state index contributed by atoms with van der Waals surface area (Å²) in [4.78, 5) is 24.7. The maximum atomic E-state index is 12.4. The summed E-state index contributed by atoms with van der Waals surface area (Å²) in [5, 5.41) is 11.3. The van der Waals surface area contributed by atoms with Crippen LogP contribution in [0.1, 0.15) is 36.8 Å². The number of anilines is 1. The van der Waals surface area contributed by atoms with Crippen molar-refractivity contribution in [1.82, 2.24) is 14.9 Å². The average Bonchev–Trinajstić information content (AvgIpc) is 2.95. The second-order valence-electron chi connectivity index (χ2n) is 6.34. The van der Waals surface area contributed by atoms with Gasteiger partial charge in [-0.25, -0.2) is 4.68 Å². The van der Waals surface area contributed by atoms with Gasteiger partial charge in [-0.3, -0.25) is 9.59 Å². The first kappa shape index (κ1) is 16.9. The number of hydrogen-bond donors (Lipinski definition) is 1. The minimum absolute atomic E-state index is 0.187. The largest absolute Gasteiger partial charge is 0.360 e. The number of rotatable bonds is 4. The summed E-state index contributed by atoms with van der Waals surface area (Å²) in [6.45, 7) is 7.51. The van der Waals surface area contributed by atoms with Crippen LogP contribution in [0.4, 0.5) is 5.69 Å². The summed E-state index contributed by atoms with van der Waals surface area (Å²) in [5.74, 6) is 0.637. The number of amides is 1. The molecule has 2 aromatic heterocycles. The number of nitrogens with one attached hydrogen (secondary N) is 1. The Labute approximate surface area is 144 Å². The number of nitrogens with zero attached hydrogens (tertiary/aromatic N) is 3. The van der Waals surface area contributed by atoms with Gasteiger partial charge in [0.1, 0.15) is 12.3 Å². The molecule has 0 spiro atoms. The number of carbonyl (C=O) groups is 1. The van der Waals surface area contributed by atoms with Crippen molar-refractivity contribution >= 4 is 22.5 Å². The Morgan fingerprint density at radius 3 is 2.56 bits per heavy atom. The summed E-state index contributed by atoms with van der Waals surface area (Å²) < 4.78 is 6.17. The summed E-state index contributed by atoms with van der Waals surface area (Å²) in [6.07, 6.45) is 0. The van der Waals surface area contributed by atoms with Gasteiger partial charge in [0.25, 0.3) is 5.56 Å². The van der Waals surface area contributed by atoms with Gasteiger partial charge in [0.15, 0.2) is 5.52 Å². The Hall–Kier alpha value is -2.96. The van der Waals surface area contributed by atoms with Crippen LogP contribution >= 0.6 is 0 Å². The first-order valence-electron chi connectivity index (χ1n) is 8.10. The van der Waals surface area contributed by atoms with Crippen LogP contribution in [-0.2, 0) is 11.3 Å². The lowest BCUT2D eigenvalue weighted by Crippen LogP contribution is -2.30. The van der Waals surface area contributed by atoms with Crippen molar-refractivity contribution in [1.29, 1.82) is 0 Å². The standard InChI is InChI=1S/C18H20N4O3/c1-10(2)13-5-7-14(8-6-13)19-15(23)9-22-18(24)17-16(11(3)20-22)12(4)25-21-17/h5-8,10H,9H2,1-4H3,(H,19,23). The third-order valence-corrected chi connectivity index (χ3v) is 4.09. The van der Waals surface area contributed by atoms with Crippen LogP contribution in [0, 0.1) is 13.8 Å². The molecule has 1 aromatic carbocycles. The van der Waals surface area contributed by atoms with E-state index in [1.54, 1.807) is 13.8 Å². The predicted molar refractivity (Wildman–Crippen MR) is 94.7 cm³/mol. The van der Waals surface area contributed by atoms with E-state index >= 15 is 0 Å². The second-order valence-corrected chi connectivity index (χ2v) is 6.34. The van der Waals surface area contributed by atoms with Crippen molar-refractivity contribution in [2.75, 3.05) is 5.32 Å². The Bertz CT molecular complexity index is 984. The van der Waals surface area contributed by atoms with Gasteiger partial charge in [-0.1, -0.05) is 31.1 Å². The van der Waals surface area contributed by atoms with Gasteiger partial charge in [-0.05, 0) is 37.5 Å². The highest BCUT2D eigenvalue weighted by Crippen LogP contribution is 2.18. The lowest BCUT2D eigenvalue weighted by molar-refractivity contribution is -0.117. The van der Waals surface area contributed by atoms with Crippen LogP contribution in [-0.4, -0.2) is 20.8 Å². The summed E-state index contributed by atoms with van der Waals surface area (Å²) in [7, 11) is 0. The molecule has 0 aliphatic rings. The second kappa shape index (κ2) is 6.51. The molecule has 1 amide bonds. The van der Waals surface area contributed by atoms with Gasteiger partial charge in [-0.15, -0.1) is 0 Å². The molecule has 0 aliphatic carbocycles. The number of benzene rings is 1. The van der Waals surface area contributed by atoms with E-state index in [2.05, 4.69) is 29.4 Å². The lowest BCUT2D eigenvalue weighted by atomic mass is 10.0. The minimum atomic E-state index is -0.442. The molecule has 0 aliphatic heterocycles. The average molecular weight is 340 g/mol. The van der Waals surface area contributed by atoms with E-state index in [9.17, 15) is 9.59 Å². The van der Waals surface area contributed by atoms with E-state index in [-0.39, 0.29) is 18.0 Å². The minimum Gasteiger partial charge on any atom is -0.360 e. The molecule has 25 heavy (non-hydrogen) atoms. The fourth-order valence-corrected chi connectivity index (χ4v) is 2.74. The number of aryl methyl sites for hydroxylation is 2. The van der Waals surface area contributed by atoms with Crippen LogP contribution < -0.4 is 10.9 Å². The summed E-state index contributed by atoms with van der Waals surface area (Å²) >= 11 is 0. The van der Waals surface area contributed by atoms with E-state index in [4.69, 9.17) is 4.52 Å². The van der Waals surface area contributed by atoms with Crippen LogP contribution in [0.2, 0.25) is 0 Å². The Balaban J connectivity index is 1.80. The smallest absolute Gasteiger partial charge is 0.297 e. The molecule has 0 radical (unpaired) electrons. The first-order chi connectivity index (χ1) is 11.9. The number of aromatic nitrogens is 3. The summed E-state index contributed by atoms with van der Waals surface area (Å²) in [6, 6.07) is 7.63. The van der Waals surface area contributed by atoms with Gasteiger partial charge < -0.3 is 9.84 Å². The molecule has 0 bridgehead atoms. The van der Waals surface area contributed by atoms with Crippen LogP contribution in [0.25, 0.3) is 10.9 Å². The van der Waals surface area contributed by atoms with E-state index < -0.39 is 5.56 Å². The van der Waals surface area contributed by atoms with Crippen LogP contribution in [0.5, 0.6) is 0 Å². The SMILES string of the molecule is Cc1nn(CC(=O)Nc2ccc(C(C)C)cc2)c(=O)c2noc(C)c12. The Morgan fingerprint density at radius 2 is 1.92 bits per heavy atom. The topological polar surface area (TPSA) is 90.0 Å². The Kier molecular flexibility index (Phi) is 4.39. The fraction of sp³-hybridized carbons (Fsp3) is 0.333. The molecule has 0 saturated carbocycles. The quantitative estimate of drug-likeness (QED) is 0.789. The lowest BCUT2D eigenvalue weighted by Gasteiger charge is -2.09. The maximum absolute atomic E-state index is 12.4. The third-order valence-electron chi connectivity index (χ3n) is 4.09. The van der Waals surface area contributed by atoms with Crippen LogP contribution in [0.15, 0.2) is 33.6 Å².